The van der Waals surface area contributed by atoms with E-state index in [2.05, 4.69) is 16.1 Å². The normalized spacial score (nSPS) is 12.7. The molecule has 0 radical (unpaired) electrons. The Kier molecular flexibility index (Phi) is 4.24. The highest BCUT2D eigenvalue weighted by Crippen LogP contribution is 2.26. The van der Waals surface area contributed by atoms with Crippen LogP contribution in [0.25, 0.3) is 16.7 Å². The fourth-order valence-electron chi connectivity index (χ4n) is 3.93. The molecule has 0 aliphatic carbocycles. The van der Waals surface area contributed by atoms with Gasteiger partial charge in [0, 0.05) is 12.0 Å². The highest BCUT2D eigenvalue weighted by atomic mass is 16.5. The van der Waals surface area contributed by atoms with Crippen molar-refractivity contribution in [3.05, 3.63) is 81.5 Å². The number of hydrogen-bond donors (Lipinski definition) is 0. The van der Waals surface area contributed by atoms with Crippen molar-refractivity contribution in [2.75, 3.05) is 6.61 Å². The van der Waals surface area contributed by atoms with Gasteiger partial charge in [0.1, 0.15) is 17.5 Å². The zero-order valence-electron chi connectivity index (χ0n) is 16.8. The van der Waals surface area contributed by atoms with Gasteiger partial charge in [0.05, 0.1) is 25.0 Å². The highest BCUT2D eigenvalue weighted by molar-refractivity contribution is 5.96. The first-order valence-corrected chi connectivity index (χ1v) is 9.80. The Morgan fingerprint density at radius 1 is 1.13 bits per heavy atom. The van der Waals surface area contributed by atoms with E-state index in [0.29, 0.717) is 23.2 Å². The summed E-state index contributed by atoms with van der Waals surface area (Å²) in [7, 11) is 0. The van der Waals surface area contributed by atoms with Gasteiger partial charge in [0.2, 0.25) is 0 Å². The van der Waals surface area contributed by atoms with Gasteiger partial charge in [-0.2, -0.15) is 5.10 Å². The molecule has 5 rings (SSSR count). The largest absolute Gasteiger partial charge is 0.493 e. The second kappa shape index (κ2) is 6.95. The van der Waals surface area contributed by atoms with Gasteiger partial charge in [-0.15, -0.1) is 0 Å². The van der Waals surface area contributed by atoms with Crippen molar-refractivity contribution in [1.29, 1.82) is 0 Å². The Labute approximate surface area is 172 Å². The minimum atomic E-state index is -0.284. The number of Topliss-reactive ketones (excluding diaryl/α,β-unsaturated/α-hetero) is 1. The molecule has 0 saturated heterocycles. The summed E-state index contributed by atoms with van der Waals surface area (Å²) in [5, 5.41) is 4.75. The fraction of sp³-hybridized carbons (Fsp3) is 0.217. The number of aryl methyl sites for hydroxylation is 2. The van der Waals surface area contributed by atoms with Crippen LogP contribution in [-0.4, -0.2) is 31.7 Å². The van der Waals surface area contributed by atoms with Crippen molar-refractivity contribution < 1.29 is 9.53 Å². The molecule has 1 aliphatic rings. The lowest BCUT2D eigenvalue weighted by atomic mass is 10.1. The van der Waals surface area contributed by atoms with Crippen molar-refractivity contribution in [2.45, 2.75) is 26.8 Å². The van der Waals surface area contributed by atoms with E-state index in [9.17, 15) is 9.59 Å². The molecule has 7 nitrogen and oxygen atoms in total. The number of rotatable bonds is 4. The van der Waals surface area contributed by atoms with Crippen LogP contribution in [0.5, 0.6) is 5.75 Å². The van der Waals surface area contributed by atoms with Crippen LogP contribution in [0.3, 0.4) is 0 Å². The van der Waals surface area contributed by atoms with Gasteiger partial charge in [-0.3, -0.25) is 14.2 Å². The fourth-order valence-corrected chi connectivity index (χ4v) is 3.93. The third kappa shape index (κ3) is 3.08. The first-order valence-electron chi connectivity index (χ1n) is 9.80. The molecule has 0 unspecified atom stereocenters. The van der Waals surface area contributed by atoms with Crippen LogP contribution in [0.15, 0.2) is 53.7 Å². The third-order valence-corrected chi connectivity index (χ3v) is 5.33. The molecule has 2 aromatic carbocycles. The molecule has 0 N–H and O–H groups in total. The van der Waals surface area contributed by atoms with Crippen molar-refractivity contribution in [1.82, 2.24) is 19.3 Å². The SMILES string of the molecule is Cc1cc(C)cc(-n2ncc3c(=O)n(CC(=O)c4ccc5c(c4)CCO5)cnc32)c1. The molecule has 3 heterocycles. The van der Waals surface area contributed by atoms with Gasteiger partial charge in [-0.25, -0.2) is 9.67 Å². The Hall–Kier alpha value is -3.74. The van der Waals surface area contributed by atoms with Crippen molar-refractivity contribution in [2.24, 2.45) is 0 Å². The Balaban J connectivity index is 1.48. The average molecular weight is 400 g/mol. The van der Waals surface area contributed by atoms with Gasteiger partial charge in [0.25, 0.3) is 5.56 Å². The van der Waals surface area contributed by atoms with E-state index in [0.717, 1.165) is 34.5 Å². The van der Waals surface area contributed by atoms with Gasteiger partial charge < -0.3 is 4.74 Å². The number of nitrogens with zero attached hydrogens (tertiary/aromatic N) is 4. The summed E-state index contributed by atoms with van der Waals surface area (Å²) >= 11 is 0. The number of carbonyl (C=O) groups excluding carboxylic acids is 1. The average Bonchev–Trinajstić information content (AvgIpc) is 3.35. The van der Waals surface area contributed by atoms with Crippen LogP contribution >= 0.6 is 0 Å². The number of ether oxygens (including phenoxy) is 1. The summed E-state index contributed by atoms with van der Waals surface area (Å²) in [5.41, 5.74) is 4.84. The molecule has 7 heteroatoms. The minimum absolute atomic E-state index is 0.0733. The summed E-state index contributed by atoms with van der Waals surface area (Å²) < 4.78 is 8.48. The van der Waals surface area contributed by atoms with E-state index < -0.39 is 0 Å². The number of benzene rings is 2. The maximum Gasteiger partial charge on any atom is 0.264 e. The lowest BCUT2D eigenvalue weighted by molar-refractivity contribution is 0.0970. The summed E-state index contributed by atoms with van der Waals surface area (Å²) in [6.07, 6.45) is 3.72. The third-order valence-electron chi connectivity index (χ3n) is 5.33. The van der Waals surface area contributed by atoms with Crippen LogP contribution in [0.4, 0.5) is 0 Å². The molecule has 0 atom stereocenters. The number of fused-ring (bicyclic) bond motifs is 2. The molecular formula is C23H20N4O3. The van der Waals surface area contributed by atoms with E-state index in [-0.39, 0.29) is 17.9 Å². The van der Waals surface area contributed by atoms with E-state index in [1.165, 1.54) is 17.1 Å². The number of aromatic nitrogens is 4. The first kappa shape index (κ1) is 18.3. The molecule has 1 aliphatic heterocycles. The molecule has 0 saturated carbocycles. The predicted molar refractivity (Wildman–Crippen MR) is 113 cm³/mol. The lowest BCUT2D eigenvalue weighted by Gasteiger charge is -2.08. The van der Waals surface area contributed by atoms with Gasteiger partial charge in [-0.1, -0.05) is 6.07 Å². The quantitative estimate of drug-likeness (QED) is 0.492. The summed E-state index contributed by atoms with van der Waals surface area (Å²) in [6.45, 7) is 4.59. The molecule has 0 amide bonds. The molecule has 2 aromatic heterocycles. The maximum absolute atomic E-state index is 13.0. The minimum Gasteiger partial charge on any atom is -0.493 e. The number of carbonyl (C=O) groups is 1. The molecule has 0 spiro atoms. The number of ketones is 1. The van der Waals surface area contributed by atoms with E-state index >= 15 is 0 Å². The summed E-state index contributed by atoms with van der Waals surface area (Å²) in [5.74, 6) is 0.681. The number of hydrogen-bond acceptors (Lipinski definition) is 5. The van der Waals surface area contributed by atoms with Crippen LogP contribution in [0.2, 0.25) is 0 Å². The molecule has 150 valence electrons. The predicted octanol–water partition coefficient (Wildman–Crippen LogP) is 3.02. The Morgan fingerprint density at radius 3 is 2.73 bits per heavy atom. The van der Waals surface area contributed by atoms with Crippen LogP contribution in [-0.2, 0) is 13.0 Å². The Morgan fingerprint density at radius 2 is 1.93 bits per heavy atom. The van der Waals surface area contributed by atoms with Gasteiger partial charge >= 0.3 is 0 Å². The van der Waals surface area contributed by atoms with Crippen molar-refractivity contribution in [3.8, 4) is 11.4 Å². The second-order valence-electron chi connectivity index (χ2n) is 7.66. The van der Waals surface area contributed by atoms with Gasteiger partial charge in [-0.05, 0) is 60.9 Å². The van der Waals surface area contributed by atoms with Crippen LogP contribution in [0, 0.1) is 13.8 Å². The van der Waals surface area contributed by atoms with Crippen molar-refractivity contribution >= 4 is 16.8 Å². The monoisotopic (exact) mass is 400 g/mol. The molecule has 4 aromatic rings. The summed E-state index contributed by atoms with van der Waals surface area (Å²) in [6, 6.07) is 11.5. The molecule has 30 heavy (non-hydrogen) atoms. The van der Waals surface area contributed by atoms with E-state index in [1.54, 1.807) is 10.7 Å². The summed E-state index contributed by atoms with van der Waals surface area (Å²) in [4.78, 5) is 30.1. The zero-order valence-corrected chi connectivity index (χ0v) is 16.8. The molecule has 0 fully saturated rings. The second-order valence-corrected chi connectivity index (χ2v) is 7.66. The molecular weight excluding hydrogens is 380 g/mol. The van der Waals surface area contributed by atoms with E-state index in [4.69, 9.17) is 4.74 Å². The highest BCUT2D eigenvalue weighted by Gasteiger charge is 2.17. The first-order chi connectivity index (χ1) is 14.5. The van der Waals surface area contributed by atoms with E-state index in [1.807, 2.05) is 38.1 Å². The smallest absolute Gasteiger partial charge is 0.264 e. The topological polar surface area (TPSA) is 79.0 Å². The maximum atomic E-state index is 13.0. The van der Waals surface area contributed by atoms with Crippen LogP contribution in [0.1, 0.15) is 27.0 Å². The van der Waals surface area contributed by atoms with Gasteiger partial charge in [0.15, 0.2) is 11.4 Å². The lowest BCUT2D eigenvalue weighted by Crippen LogP contribution is -2.24. The standard InChI is InChI=1S/C23H20N4O3/c1-14-7-15(2)9-18(8-14)27-22-19(11-25-27)23(29)26(13-24-22)12-20(28)16-3-4-21-17(10-16)5-6-30-21/h3-4,7-11,13H,5-6,12H2,1-2H3. The zero-order chi connectivity index (χ0) is 20.8. The van der Waals surface area contributed by atoms with Crippen molar-refractivity contribution in [3.63, 3.8) is 0 Å². The Bertz CT molecular complexity index is 1350. The molecule has 0 bridgehead atoms. The van der Waals surface area contributed by atoms with Crippen LogP contribution < -0.4 is 10.3 Å².